The molecule has 92 valence electrons. The van der Waals surface area contributed by atoms with Crippen molar-refractivity contribution in [3.8, 4) is 0 Å². The number of halogens is 1. The molecule has 2 atom stereocenters. The Labute approximate surface area is 100.0 Å². The lowest BCUT2D eigenvalue weighted by atomic mass is 9.88. The van der Waals surface area contributed by atoms with E-state index in [0.29, 0.717) is 13.0 Å². The molecule has 17 heavy (non-hydrogen) atoms. The van der Waals surface area contributed by atoms with Crippen LogP contribution < -0.4 is 5.32 Å². The van der Waals surface area contributed by atoms with Crippen LogP contribution >= 0.6 is 0 Å². The maximum atomic E-state index is 13.6. The first kappa shape index (κ1) is 12.0. The largest absolute Gasteiger partial charge is 0.468 e. The third-order valence-electron chi connectivity index (χ3n) is 3.25. The highest BCUT2D eigenvalue weighted by Gasteiger charge is 2.27. The number of benzene rings is 1. The molecule has 1 heterocycles. The number of rotatable bonds is 2. The standard InChI is InChI=1S/C13H16FNO2/c1-17-13(16)12-7-6-9(8-15-12)10-4-2-3-5-11(10)14/h2-5,9,12,15H,6-8H2,1H3/t9-,12+/m0/s1. The van der Waals surface area contributed by atoms with Crippen LogP contribution in [0.25, 0.3) is 0 Å². The van der Waals surface area contributed by atoms with Gasteiger partial charge in [-0.1, -0.05) is 18.2 Å². The van der Waals surface area contributed by atoms with E-state index in [-0.39, 0.29) is 23.7 Å². The van der Waals surface area contributed by atoms with Gasteiger partial charge in [0.25, 0.3) is 0 Å². The van der Waals surface area contributed by atoms with Crippen molar-refractivity contribution in [3.63, 3.8) is 0 Å². The summed E-state index contributed by atoms with van der Waals surface area (Å²) in [5.74, 6) is -0.273. The van der Waals surface area contributed by atoms with Gasteiger partial charge in [-0.15, -0.1) is 0 Å². The first-order chi connectivity index (χ1) is 8.22. The van der Waals surface area contributed by atoms with Crippen LogP contribution in [0, 0.1) is 5.82 Å². The quantitative estimate of drug-likeness (QED) is 0.797. The van der Waals surface area contributed by atoms with Gasteiger partial charge in [-0.3, -0.25) is 4.79 Å². The number of piperidine rings is 1. The van der Waals surface area contributed by atoms with Gasteiger partial charge in [0.1, 0.15) is 11.9 Å². The smallest absolute Gasteiger partial charge is 0.322 e. The van der Waals surface area contributed by atoms with Crippen molar-refractivity contribution >= 4 is 5.97 Å². The molecule has 0 spiro atoms. The molecule has 0 bridgehead atoms. The zero-order valence-electron chi connectivity index (χ0n) is 9.78. The van der Waals surface area contributed by atoms with E-state index in [9.17, 15) is 9.18 Å². The van der Waals surface area contributed by atoms with E-state index in [4.69, 9.17) is 0 Å². The Morgan fingerprint density at radius 2 is 2.18 bits per heavy atom. The molecule has 1 aliphatic rings. The average Bonchev–Trinajstić information content (AvgIpc) is 2.39. The Morgan fingerprint density at radius 1 is 1.41 bits per heavy atom. The van der Waals surface area contributed by atoms with Gasteiger partial charge in [-0.05, 0) is 30.4 Å². The van der Waals surface area contributed by atoms with Crippen LogP contribution in [0.3, 0.4) is 0 Å². The lowest BCUT2D eigenvalue weighted by Crippen LogP contribution is -2.43. The Bertz CT molecular complexity index is 400. The van der Waals surface area contributed by atoms with Gasteiger partial charge in [0.2, 0.25) is 0 Å². The summed E-state index contributed by atoms with van der Waals surface area (Å²) in [6.45, 7) is 0.612. The summed E-state index contributed by atoms with van der Waals surface area (Å²) in [6, 6.07) is 6.56. The van der Waals surface area contributed by atoms with Crippen molar-refractivity contribution in [2.45, 2.75) is 24.8 Å². The van der Waals surface area contributed by atoms with Crippen LogP contribution in [0.1, 0.15) is 24.3 Å². The molecule has 1 N–H and O–H groups in total. The third kappa shape index (κ3) is 2.64. The minimum absolute atomic E-state index is 0.136. The first-order valence-corrected chi connectivity index (χ1v) is 5.78. The van der Waals surface area contributed by atoms with Gasteiger partial charge in [-0.25, -0.2) is 4.39 Å². The minimum atomic E-state index is -0.247. The summed E-state index contributed by atoms with van der Waals surface area (Å²) in [5.41, 5.74) is 0.725. The van der Waals surface area contributed by atoms with E-state index in [1.165, 1.54) is 13.2 Å². The maximum absolute atomic E-state index is 13.6. The second-order valence-electron chi connectivity index (χ2n) is 4.28. The molecule has 1 aromatic rings. The minimum Gasteiger partial charge on any atom is -0.468 e. The molecule has 1 aliphatic heterocycles. The number of esters is 1. The number of methoxy groups -OCH3 is 1. The van der Waals surface area contributed by atoms with Gasteiger partial charge in [0, 0.05) is 6.54 Å². The first-order valence-electron chi connectivity index (χ1n) is 5.78. The zero-order valence-corrected chi connectivity index (χ0v) is 9.78. The highest BCUT2D eigenvalue weighted by Crippen LogP contribution is 2.27. The van der Waals surface area contributed by atoms with Crippen molar-refractivity contribution in [1.82, 2.24) is 5.32 Å². The van der Waals surface area contributed by atoms with E-state index in [1.54, 1.807) is 12.1 Å². The molecule has 1 saturated heterocycles. The van der Waals surface area contributed by atoms with Crippen LogP contribution in [-0.2, 0) is 9.53 Å². The fourth-order valence-corrected chi connectivity index (χ4v) is 2.27. The Balaban J connectivity index is 2.00. The maximum Gasteiger partial charge on any atom is 0.322 e. The molecule has 0 aliphatic carbocycles. The summed E-state index contributed by atoms with van der Waals surface area (Å²) >= 11 is 0. The lowest BCUT2D eigenvalue weighted by molar-refractivity contribution is -0.143. The second-order valence-corrected chi connectivity index (χ2v) is 4.28. The highest BCUT2D eigenvalue weighted by molar-refractivity contribution is 5.75. The molecule has 0 unspecified atom stereocenters. The highest BCUT2D eigenvalue weighted by atomic mass is 19.1. The Hall–Kier alpha value is -1.42. The Morgan fingerprint density at radius 3 is 2.76 bits per heavy atom. The molecule has 0 saturated carbocycles. The number of nitrogens with one attached hydrogen (secondary N) is 1. The molecule has 2 rings (SSSR count). The molecule has 0 radical (unpaired) electrons. The molecule has 1 fully saturated rings. The molecule has 0 amide bonds. The van der Waals surface area contributed by atoms with Gasteiger partial charge in [0.15, 0.2) is 0 Å². The van der Waals surface area contributed by atoms with Crippen molar-refractivity contribution < 1.29 is 13.9 Å². The van der Waals surface area contributed by atoms with Crippen LogP contribution in [0.5, 0.6) is 0 Å². The number of carbonyl (C=O) groups is 1. The van der Waals surface area contributed by atoms with E-state index in [1.807, 2.05) is 6.07 Å². The molecular weight excluding hydrogens is 221 g/mol. The fourth-order valence-electron chi connectivity index (χ4n) is 2.27. The monoisotopic (exact) mass is 237 g/mol. The summed E-state index contributed by atoms with van der Waals surface area (Å²) < 4.78 is 18.3. The third-order valence-corrected chi connectivity index (χ3v) is 3.25. The van der Waals surface area contributed by atoms with Crippen LogP contribution in [0.4, 0.5) is 4.39 Å². The topological polar surface area (TPSA) is 38.3 Å². The van der Waals surface area contributed by atoms with Gasteiger partial charge in [0.05, 0.1) is 7.11 Å². The van der Waals surface area contributed by atoms with Gasteiger partial charge >= 0.3 is 5.97 Å². The summed E-state index contributed by atoms with van der Waals surface area (Å²) in [4.78, 5) is 11.3. The fraction of sp³-hybridized carbons (Fsp3) is 0.462. The van der Waals surface area contributed by atoms with Crippen LogP contribution in [-0.4, -0.2) is 25.7 Å². The van der Waals surface area contributed by atoms with E-state index >= 15 is 0 Å². The van der Waals surface area contributed by atoms with E-state index in [2.05, 4.69) is 10.1 Å². The van der Waals surface area contributed by atoms with E-state index < -0.39 is 0 Å². The molecule has 3 nitrogen and oxygen atoms in total. The SMILES string of the molecule is COC(=O)[C@H]1CC[C@H](c2ccccc2F)CN1. The van der Waals surface area contributed by atoms with E-state index in [0.717, 1.165) is 12.0 Å². The summed E-state index contributed by atoms with van der Waals surface area (Å²) in [5, 5.41) is 3.10. The predicted molar refractivity (Wildman–Crippen MR) is 62.2 cm³/mol. The molecule has 4 heteroatoms. The summed E-state index contributed by atoms with van der Waals surface area (Å²) in [7, 11) is 1.38. The van der Waals surface area contributed by atoms with Crippen molar-refractivity contribution in [2.75, 3.05) is 13.7 Å². The number of hydrogen-bond acceptors (Lipinski definition) is 3. The molecular formula is C13H16FNO2. The van der Waals surface area contributed by atoms with Crippen LogP contribution in [0.2, 0.25) is 0 Å². The Kier molecular flexibility index (Phi) is 3.74. The van der Waals surface area contributed by atoms with Gasteiger partial charge in [-0.2, -0.15) is 0 Å². The van der Waals surface area contributed by atoms with Gasteiger partial charge < -0.3 is 10.1 Å². The number of hydrogen-bond donors (Lipinski definition) is 1. The van der Waals surface area contributed by atoms with Crippen molar-refractivity contribution in [1.29, 1.82) is 0 Å². The molecule has 0 aromatic heterocycles. The second kappa shape index (κ2) is 5.27. The number of ether oxygens (including phenoxy) is 1. The predicted octanol–water partition coefficient (Wildman–Crippen LogP) is 1.83. The molecule has 1 aromatic carbocycles. The summed E-state index contributed by atoms with van der Waals surface area (Å²) in [6.07, 6.45) is 1.49. The normalized spacial score (nSPS) is 24.4. The van der Waals surface area contributed by atoms with Crippen molar-refractivity contribution in [3.05, 3.63) is 35.6 Å². The lowest BCUT2D eigenvalue weighted by Gasteiger charge is -2.28. The van der Waals surface area contributed by atoms with Crippen LogP contribution in [0.15, 0.2) is 24.3 Å². The van der Waals surface area contributed by atoms with Crippen molar-refractivity contribution in [2.24, 2.45) is 0 Å². The zero-order chi connectivity index (χ0) is 12.3. The number of carbonyl (C=O) groups excluding carboxylic acids is 1. The average molecular weight is 237 g/mol.